The molecule has 0 aliphatic carbocycles. The molecule has 0 radical (unpaired) electrons. The second-order valence-electron chi connectivity index (χ2n) is 5.66. The number of nitrogens with two attached hydrogens (primary N) is 1. The molecular weight excluding hydrogens is 335 g/mol. The number of anilines is 1. The maximum Gasteiger partial charge on any atom is 0.282 e. The van der Waals surface area contributed by atoms with Crippen molar-refractivity contribution in [2.45, 2.75) is 13.3 Å². The number of benzene rings is 2. The van der Waals surface area contributed by atoms with E-state index in [0.29, 0.717) is 0 Å². The minimum absolute atomic E-state index is 0.0807. The van der Waals surface area contributed by atoms with Crippen molar-refractivity contribution in [3.63, 3.8) is 0 Å². The first-order valence-electron chi connectivity index (χ1n) is 8.07. The smallest absolute Gasteiger partial charge is 0.282 e. The fraction of sp³-hybridized carbons (Fsp3) is 0.111. The molecule has 130 valence electrons. The number of nitrogens with zero attached hydrogens (tertiary/aromatic N) is 5. The highest BCUT2D eigenvalue weighted by Gasteiger charge is 2.20. The molecule has 7 nitrogen and oxygen atoms in total. The molecule has 4 rings (SSSR count). The highest BCUT2D eigenvalue weighted by molar-refractivity contribution is 5.66. The first-order valence-corrected chi connectivity index (χ1v) is 8.07. The summed E-state index contributed by atoms with van der Waals surface area (Å²) < 4.78 is 20.6. The molecule has 2 heterocycles. The molecule has 0 fully saturated rings. The van der Waals surface area contributed by atoms with Crippen LogP contribution in [0.5, 0.6) is 0 Å². The topological polar surface area (TPSA) is 95.6 Å². The van der Waals surface area contributed by atoms with Gasteiger partial charge in [0.15, 0.2) is 11.5 Å². The number of halogens is 1. The lowest BCUT2D eigenvalue weighted by atomic mass is 10.1. The predicted octanol–water partition coefficient (Wildman–Crippen LogP) is 3.27. The van der Waals surface area contributed by atoms with Crippen LogP contribution in [0.25, 0.3) is 28.7 Å². The lowest BCUT2D eigenvalue weighted by Crippen LogP contribution is -2.02. The van der Waals surface area contributed by atoms with Crippen molar-refractivity contribution in [3.05, 3.63) is 59.9 Å². The van der Waals surface area contributed by atoms with Gasteiger partial charge < -0.3 is 10.3 Å². The minimum atomic E-state index is -0.438. The third-order valence-electron chi connectivity index (χ3n) is 4.04. The van der Waals surface area contributed by atoms with E-state index in [9.17, 15) is 4.39 Å². The largest absolute Gasteiger partial charge is 0.382 e. The Hall–Kier alpha value is -3.55. The SMILES string of the molecule is CCc1ccc(-n2nnc(-c3nc(-c4ccccc4F)no3)c2N)cc1. The fourth-order valence-electron chi connectivity index (χ4n) is 2.58. The first-order chi connectivity index (χ1) is 12.7. The Balaban J connectivity index is 1.69. The molecule has 2 aromatic heterocycles. The number of aryl methyl sites for hydroxylation is 1. The van der Waals surface area contributed by atoms with Gasteiger partial charge in [-0.15, -0.1) is 5.10 Å². The molecule has 0 unspecified atom stereocenters. The van der Waals surface area contributed by atoms with E-state index in [2.05, 4.69) is 27.4 Å². The Morgan fingerprint density at radius 2 is 1.88 bits per heavy atom. The third-order valence-corrected chi connectivity index (χ3v) is 4.04. The molecule has 26 heavy (non-hydrogen) atoms. The van der Waals surface area contributed by atoms with Crippen LogP contribution in [-0.2, 0) is 6.42 Å². The summed E-state index contributed by atoms with van der Waals surface area (Å²) in [4.78, 5) is 4.19. The summed E-state index contributed by atoms with van der Waals surface area (Å²) in [5.41, 5.74) is 8.62. The maximum atomic E-state index is 13.9. The van der Waals surface area contributed by atoms with Crippen molar-refractivity contribution in [1.29, 1.82) is 0 Å². The summed E-state index contributed by atoms with van der Waals surface area (Å²) in [6.45, 7) is 2.08. The average molecular weight is 350 g/mol. The van der Waals surface area contributed by atoms with Crippen LogP contribution in [0.15, 0.2) is 53.1 Å². The van der Waals surface area contributed by atoms with Gasteiger partial charge in [-0.2, -0.15) is 9.67 Å². The first kappa shape index (κ1) is 15.9. The highest BCUT2D eigenvalue weighted by Crippen LogP contribution is 2.27. The van der Waals surface area contributed by atoms with E-state index >= 15 is 0 Å². The molecule has 0 saturated carbocycles. The number of rotatable bonds is 4. The zero-order chi connectivity index (χ0) is 18.1. The van der Waals surface area contributed by atoms with Gasteiger partial charge in [-0.1, -0.05) is 41.6 Å². The summed E-state index contributed by atoms with van der Waals surface area (Å²) in [5.74, 6) is 0.0296. The Bertz CT molecular complexity index is 1050. The van der Waals surface area contributed by atoms with Crippen molar-refractivity contribution >= 4 is 5.82 Å². The van der Waals surface area contributed by atoms with Gasteiger partial charge in [0.2, 0.25) is 5.82 Å². The molecule has 0 atom stereocenters. The average Bonchev–Trinajstić information content (AvgIpc) is 3.29. The second-order valence-corrected chi connectivity index (χ2v) is 5.66. The van der Waals surface area contributed by atoms with Gasteiger partial charge in [-0.05, 0) is 36.2 Å². The van der Waals surface area contributed by atoms with Crippen LogP contribution in [0.2, 0.25) is 0 Å². The maximum absolute atomic E-state index is 13.9. The summed E-state index contributed by atoms with van der Waals surface area (Å²) >= 11 is 0. The van der Waals surface area contributed by atoms with E-state index in [1.165, 1.54) is 16.3 Å². The normalized spacial score (nSPS) is 11.0. The number of hydrogen-bond donors (Lipinski definition) is 1. The molecule has 4 aromatic rings. The molecule has 0 amide bonds. The van der Waals surface area contributed by atoms with Gasteiger partial charge in [-0.3, -0.25) is 0 Å². The van der Waals surface area contributed by atoms with Gasteiger partial charge in [0.1, 0.15) is 5.82 Å². The van der Waals surface area contributed by atoms with Crippen LogP contribution in [0.3, 0.4) is 0 Å². The van der Waals surface area contributed by atoms with Gasteiger partial charge in [0.25, 0.3) is 5.89 Å². The molecule has 0 spiro atoms. The molecular formula is C18H15FN6O. The van der Waals surface area contributed by atoms with Gasteiger partial charge in [0, 0.05) is 0 Å². The zero-order valence-electron chi connectivity index (χ0n) is 13.9. The summed E-state index contributed by atoms with van der Waals surface area (Å²) in [6, 6.07) is 14.0. The molecule has 2 N–H and O–H groups in total. The van der Waals surface area contributed by atoms with Crippen LogP contribution in [-0.4, -0.2) is 25.1 Å². The molecule has 0 bridgehead atoms. The molecule has 2 aromatic carbocycles. The van der Waals surface area contributed by atoms with Gasteiger partial charge in [-0.25, -0.2) is 4.39 Å². The van der Waals surface area contributed by atoms with Crippen LogP contribution in [0.4, 0.5) is 10.2 Å². The Morgan fingerprint density at radius 3 is 2.62 bits per heavy atom. The van der Waals surface area contributed by atoms with Gasteiger partial charge >= 0.3 is 0 Å². The number of hydrogen-bond acceptors (Lipinski definition) is 6. The van der Waals surface area contributed by atoms with Gasteiger partial charge in [0.05, 0.1) is 11.3 Å². The van der Waals surface area contributed by atoms with Crippen LogP contribution >= 0.6 is 0 Å². The van der Waals surface area contributed by atoms with Crippen molar-refractivity contribution in [1.82, 2.24) is 25.1 Å². The molecule has 0 aliphatic rings. The molecule has 8 heteroatoms. The summed E-state index contributed by atoms with van der Waals surface area (Å²) in [6.07, 6.45) is 0.944. The second kappa shape index (κ2) is 6.40. The van der Waals surface area contributed by atoms with E-state index in [-0.39, 0.29) is 28.8 Å². The van der Waals surface area contributed by atoms with E-state index in [1.807, 2.05) is 24.3 Å². The monoisotopic (exact) mass is 350 g/mol. The number of nitrogen functional groups attached to an aromatic ring is 1. The lowest BCUT2D eigenvalue weighted by molar-refractivity contribution is 0.430. The Kier molecular flexibility index (Phi) is 3.92. The Morgan fingerprint density at radius 1 is 1.12 bits per heavy atom. The van der Waals surface area contributed by atoms with E-state index in [4.69, 9.17) is 10.3 Å². The van der Waals surface area contributed by atoms with Crippen LogP contribution < -0.4 is 5.73 Å². The van der Waals surface area contributed by atoms with E-state index < -0.39 is 5.82 Å². The Labute approximate surface area is 148 Å². The fourth-order valence-corrected chi connectivity index (χ4v) is 2.58. The number of aromatic nitrogens is 5. The van der Waals surface area contributed by atoms with Crippen molar-refractivity contribution < 1.29 is 8.91 Å². The zero-order valence-corrected chi connectivity index (χ0v) is 13.9. The standard InChI is InChI=1S/C18H15FN6O/c1-2-11-7-9-12(10-8-11)25-16(20)15(22-24-25)18-21-17(23-26-18)13-5-3-4-6-14(13)19/h3-10H,2,20H2,1H3. The van der Waals surface area contributed by atoms with E-state index in [0.717, 1.165) is 12.1 Å². The minimum Gasteiger partial charge on any atom is -0.382 e. The van der Waals surface area contributed by atoms with Crippen molar-refractivity contribution in [2.24, 2.45) is 0 Å². The third kappa shape index (κ3) is 2.71. The lowest BCUT2D eigenvalue weighted by Gasteiger charge is -2.03. The van der Waals surface area contributed by atoms with Crippen molar-refractivity contribution in [3.8, 4) is 28.7 Å². The quantitative estimate of drug-likeness (QED) is 0.607. The van der Waals surface area contributed by atoms with Crippen LogP contribution in [0, 0.1) is 5.82 Å². The van der Waals surface area contributed by atoms with Crippen molar-refractivity contribution in [2.75, 3.05) is 5.73 Å². The van der Waals surface area contributed by atoms with E-state index in [1.54, 1.807) is 18.2 Å². The summed E-state index contributed by atoms with van der Waals surface area (Å²) in [7, 11) is 0. The van der Waals surface area contributed by atoms with Crippen LogP contribution in [0.1, 0.15) is 12.5 Å². The molecule has 0 aliphatic heterocycles. The molecule has 0 saturated heterocycles. The summed E-state index contributed by atoms with van der Waals surface area (Å²) in [5, 5.41) is 11.9. The predicted molar refractivity (Wildman–Crippen MR) is 93.8 cm³/mol. The highest BCUT2D eigenvalue weighted by atomic mass is 19.1.